The molecule has 2 N–H and O–H groups in total. The van der Waals surface area contributed by atoms with Crippen molar-refractivity contribution >= 4 is 29.8 Å². The van der Waals surface area contributed by atoms with Crippen molar-refractivity contribution in [1.82, 2.24) is 20.0 Å². The molecule has 0 aliphatic carbocycles. The van der Waals surface area contributed by atoms with Crippen molar-refractivity contribution < 1.29 is 19.5 Å². The van der Waals surface area contributed by atoms with E-state index in [1.807, 2.05) is 47.0 Å². The van der Waals surface area contributed by atoms with Gasteiger partial charge in [-0.1, -0.05) is 30.3 Å². The summed E-state index contributed by atoms with van der Waals surface area (Å²) in [5, 5.41) is 12.0. The predicted molar refractivity (Wildman–Crippen MR) is 110 cm³/mol. The lowest BCUT2D eigenvalue weighted by atomic mass is 10.1. The van der Waals surface area contributed by atoms with E-state index in [9.17, 15) is 19.5 Å². The van der Waals surface area contributed by atoms with E-state index in [0.29, 0.717) is 13.1 Å². The first kappa shape index (κ1) is 21.9. The molecule has 28 heavy (non-hydrogen) atoms. The molecule has 0 unspecified atom stereocenters. The van der Waals surface area contributed by atoms with Crippen LogP contribution in [0.4, 0.5) is 9.59 Å². The monoisotopic (exact) mass is 408 g/mol. The average Bonchev–Trinajstić information content (AvgIpc) is 2.71. The lowest BCUT2D eigenvalue weighted by Crippen LogP contribution is -2.50. The summed E-state index contributed by atoms with van der Waals surface area (Å²) in [5.74, 6) is 0.806. The molecule has 0 aromatic heterocycles. The number of nitrogens with one attached hydrogen (secondary N) is 1. The Morgan fingerprint density at radius 3 is 2.32 bits per heavy atom. The highest BCUT2D eigenvalue weighted by molar-refractivity contribution is 7.99. The molecule has 4 amide bonds. The van der Waals surface area contributed by atoms with E-state index in [4.69, 9.17) is 0 Å². The Bertz CT molecular complexity index is 667. The Morgan fingerprint density at radius 2 is 1.71 bits per heavy atom. The smallest absolute Gasteiger partial charge is 0.326 e. The summed E-state index contributed by atoms with van der Waals surface area (Å²) < 4.78 is 0. The number of carboxylic acids is 1. The number of benzene rings is 1. The van der Waals surface area contributed by atoms with Crippen molar-refractivity contribution in [3.63, 3.8) is 0 Å². The number of urea groups is 2. The normalized spacial score (nSPS) is 14.9. The quantitative estimate of drug-likeness (QED) is 0.712. The summed E-state index contributed by atoms with van der Waals surface area (Å²) >= 11 is 1.84. The van der Waals surface area contributed by atoms with Gasteiger partial charge in [0.25, 0.3) is 0 Å². The largest absolute Gasteiger partial charge is 0.480 e. The molecular weight excluding hydrogens is 380 g/mol. The summed E-state index contributed by atoms with van der Waals surface area (Å²) in [6, 6.07) is 7.64. The number of carbonyl (C=O) groups is 3. The Labute approximate surface area is 169 Å². The van der Waals surface area contributed by atoms with E-state index in [1.165, 1.54) is 4.90 Å². The van der Waals surface area contributed by atoms with Crippen LogP contribution in [0.3, 0.4) is 0 Å². The molecule has 2 rings (SSSR count). The van der Waals surface area contributed by atoms with Crippen LogP contribution in [0.25, 0.3) is 0 Å². The van der Waals surface area contributed by atoms with Gasteiger partial charge in [0.1, 0.15) is 6.04 Å². The van der Waals surface area contributed by atoms with Crippen molar-refractivity contribution in [2.24, 2.45) is 0 Å². The number of amides is 4. The van der Waals surface area contributed by atoms with E-state index in [1.54, 1.807) is 19.0 Å². The van der Waals surface area contributed by atoms with E-state index in [2.05, 4.69) is 5.32 Å². The van der Waals surface area contributed by atoms with Gasteiger partial charge >= 0.3 is 18.0 Å². The van der Waals surface area contributed by atoms with Crippen LogP contribution < -0.4 is 5.32 Å². The van der Waals surface area contributed by atoms with E-state index >= 15 is 0 Å². The number of nitrogens with zero attached hydrogens (tertiary/aromatic N) is 3. The van der Waals surface area contributed by atoms with Gasteiger partial charge in [0.2, 0.25) is 0 Å². The standard InChI is InChI=1S/C19H28N4O4S/c1-21(8-9-22(2)19(27)23-10-12-28-13-11-23)18(26)20-16(17(24)25)14-15-6-4-3-5-7-15/h3-7,16H,8-14H2,1-2H3,(H,20,26)(H,24,25)/t16-/m0/s1. The van der Waals surface area contributed by atoms with Crippen molar-refractivity contribution in [2.75, 3.05) is 51.8 Å². The van der Waals surface area contributed by atoms with Gasteiger partial charge < -0.3 is 25.1 Å². The summed E-state index contributed by atoms with van der Waals surface area (Å²) in [4.78, 5) is 41.1. The first-order valence-electron chi connectivity index (χ1n) is 9.24. The van der Waals surface area contributed by atoms with Crippen LogP contribution in [-0.2, 0) is 11.2 Å². The van der Waals surface area contributed by atoms with Crippen molar-refractivity contribution in [1.29, 1.82) is 0 Å². The first-order valence-corrected chi connectivity index (χ1v) is 10.4. The van der Waals surface area contributed by atoms with Crippen LogP contribution in [-0.4, -0.2) is 95.7 Å². The van der Waals surface area contributed by atoms with Gasteiger partial charge in [0, 0.05) is 58.2 Å². The van der Waals surface area contributed by atoms with Crippen molar-refractivity contribution in [3.05, 3.63) is 35.9 Å². The molecule has 0 bridgehead atoms. The van der Waals surface area contributed by atoms with Crippen LogP contribution in [0.2, 0.25) is 0 Å². The number of carboxylic acid groups (broad SMARTS) is 1. The zero-order valence-corrected chi connectivity index (χ0v) is 17.2. The highest BCUT2D eigenvalue weighted by atomic mass is 32.2. The molecule has 154 valence electrons. The van der Waals surface area contributed by atoms with Crippen molar-refractivity contribution in [3.8, 4) is 0 Å². The van der Waals surface area contributed by atoms with Crippen LogP contribution in [0.1, 0.15) is 5.56 Å². The maximum Gasteiger partial charge on any atom is 0.326 e. The molecular formula is C19H28N4O4S. The lowest BCUT2D eigenvalue weighted by Gasteiger charge is -2.31. The number of hydrogen-bond acceptors (Lipinski definition) is 4. The van der Waals surface area contributed by atoms with Gasteiger partial charge in [0.15, 0.2) is 0 Å². The molecule has 1 aromatic carbocycles. The molecule has 1 fully saturated rings. The highest BCUT2D eigenvalue weighted by Gasteiger charge is 2.24. The molecule has 0 spiro atoms. The fourth-order valence-electron chi connectivity index (χ4n) is 2.80. The minimum atomic E-state index is -1.08. The Hall–Kier alpha value is -2.42. The molecule has 0 saturated carbocycles. The van der Waals surface area contributed by atoms with Gasteiger partial charge in [0.05, 0.1) is 0 Å². The summed E-state index contributed by atoms with van der Waals surface area (Å²) in [6.45, 7) is 2.17. The lowest BCUT2D eigenvalue weighted by molar-refractivity contribution is -0.139. The zero-order chi connectivity index (χ0) is 20.5. The Kier molecular flexibility index (Phi) is 8.43. The average molecular weight is 409 g/mol. The SMILES string of the molecule is CN(CCN(C)C(=O)N1CCSCC1)C(=O)N[C@@H](Cc1ccccc1)C(=O)O. The fraction of sp³-hybridized carbons (Fsp3) is 0.526. The molecule has 1 saturated heterocycles. The third-order valence-electron chi connectivity index (χ3n) is 4.60. The predicted octanol–water partition coefficient (Wildman–Crippen LogP) is 1.42. The summed E-state index contributed by atoms with van der Waals surface area (Å²) in [6.07, 6.45) is 0.209. The fourth-order valence-corrected chi connectivity index (χ4v) is 3.71. The number of rotatable bonds is 7. The van der Waals surface area contributed by atoms with Gasteiger partial charge in [-0.25, -0.2) is 14.4 Å². The number of aliphatic carboxylic acids is 1. The number of carbonyl (C=O) groups excluding carboxylic acids is 2. The van der Waals surface area contributed by atoms with Crippen LogP contribution in [0.15, 0.2) is 30.3 Å². The van der Waals surface area contributed by atoms with E-state index in [-0.39, 0.29) is 12.5 Å². The van der Waals surface area contributed by atoms with Gasteiger partial charge in [-0.15, -0.1) is 0 Å². The minimum absolute atomic E-state index is 0.0402. The molecule has 9 heteroatoms. The van der Waals surface area contributed by atoms with Crippen molar-refractivity contribution in [2.45, 2.75) is 12.5 Å². The number of hydrogen-bond donors (Lipinski definition) is 2. The molecule has 0 radical (unpaired) electrons. The van der Waals surface area contributed by atoms with E-state index in [0.717, 1.165) is 30.2 Å². The van der Waals surface area contributed by atoms with E-state index < -0.39 is 18.0 Å². The molecule has 1 aliphatic heterocycles. The van der Waals surface area contributed by atoms with Gasteiger partial charge in [-0.05, 0) is 5.56 Å². The summed E-state index contributed by atoms with van der Waals surface area (Å²) in [5.41, 5.74) is 0.836. The Balaban J connectivity index is 1.81. The Morgan fingerprint density at radius 1 is 1.11 bits per heavy atom. The maximum atomic E-state index is 12.4. The molecule has 1 aliphatic rings. The topological polar surface area (TPSA) is 93.2 Å². The number of likely N-dealkylation sites (N-methyl/N-ethyl adjacent to an activating group) is 2. The zero-order valence-electron chi connectivity index (χ0n) is 16.3. The van der Waals surface area contributed by atoms with Crippen LogP contribution in [0, 0.1) is 0 Å². The van der Waals surface area contributed by atoms with Gasteiger partial charge in [-0.2, -0.15) is 11.8 Å². The highest BCUT2D eigenvalue weighted by Crippen LogP contribution is 2.11. The second-order valence-corrected chi connectivity index (χ2v) is 7.98. The van der Waals surface area contributed by atoms with Gasteiger partial charge in [-0.3, -0.25) is 0 Å². The van der Waals surface area contributed by atoms with Crippen LogP contribution >= 0.6 is 11.8 Å². The third-order valence-corrected chi connectivity index (χ3v) is 5.55. The number of thioether (sulfide) groups is 1. The second-order valence-electron chi connectivity index (χ2n) is 6.76. The van der Waals surface area contributed by atoms with Crippen LogP contribution in [0.5, 0.6) is 0 Å². The third kappa shape index (κ3) is 6.63. The molecule has 1 atom stereocenters. The molecule has 1 aromatic rings. The molecule has 1 heterocycles. The second kappa shape index (κ2) is 10.8. The summed E-state index contributed by atoms with van der Waals surface area (Å²) in [7, 11) is 3.30. The maximum absolute atomic E-state index is 12.4. The molecule has 8 nitrogen and oxygen atoms in total. The first-order chi connectivity index (χ1) is 13.4. The minimum Gasteiger partial charge on any atom is -0.480 e.